The lowest BCUT2D eigenvalue weighted by atomic mass is 10.1. The average molecular weight is 416 g/mol. The molecule has 0 fully saturated rings. The molecule has 0 bridgehead atoms. The number of anilines is 1. The van der Waals surface area contributed by atoms with E-state index in [1.165, 1.54) is 30.3 Å². The van der Waals surface area contributed by atoms with Crippen molar-refractivity contribution >= 4 is 27.3 Å². The zero-order valence-electron chi connectivity index (χ0n) is 13.8. The van der Waals surface area contributed by atoms with Gasteiger partial charge in [-0.2, -0.15) is 18.3 Å². The molecule has 0 aliphatic rings. The van der Waals surface area contributed by atoms with Crippen molar-refractivity contribution in [3.8, 4) is 16.9 Å². The molecule has 10 heteroatoms. The molecule has 5 nitrogen and oxygen atoms in total. The molecule has 3 rings (SSSR count). The van der Waals surface area contributed by atoms with Crippen molar-refractivity contribution in [3.05, 3.63) is 65.3 Å². The van der Waals surface area contributed by atoms with Gasteiger partial charge >= 0.3 is 6.18 Å². The molecule has 0 atom stereocenters. The Balaban J connectivity index is 2.10. The summed E-state index contributed by atoms with van der Waals surface area (Å²) in [7, 11) is -3.46. The molecule has 0 unspecified atom stereocenters. The second kappa shape index (κ2) is 6.90. The van der Waals surface area contributed by atoms with Crippen LogP contribution in [-0.4, -0.2) is 24.5 Å². The standard InChI is InChI=1S/C17H13ClF3N3O2S/c1-27(25,26)23-13-7-5-11(6-8-13)15-10-16(17(19,20)21)22-24(15)14-4-2-3-12(18)9-14/h2-10,23H,1H3. The fraction of sp³-hybridized carbons (Fsp3) is 0.118. The van der Waals surface area contributed by atoms with Gasteiger partial charge in [0.1, 0.15) is 0 Å². The SMILES string of the molecule is CS(=O)(=O)Nc1ccc(-c2cc(C(F)(F)F)nn2-c2cccc(Cl)c2)cc1. The van der Waals surface area contributed by atoms with E-state index >= 15 is 0 Å². The Kier molecular flexibility index (Phi) is 4.92. The monoisotopic (exact) mass is 415 g/mol. The first-order valence-corrected chi connectivity index (χ1v) is 9.81. The fourth-order valence-corrected chi connectivity index (χ4v) is 3.20. The number of nitrogens with zero attached hydrogens (tertiary/aromatic N) is 2. The summed E-state index contributed by atoms with van der Waals surface area (Å²) in [5.41, 5.74) is 0.237. The summed E-state index contributed by atoms with van der Waals surface area (Å²) in [5.74, 6) is 0. The molecular weight excluding hydrogens is 403 g/mol. The highest BCUT2D eigenvalue weighted by atomic mass is 35.5. The third-order valence-electron chi connectivity index (χ3n) is 3.54. The van der Waals surface area contributed by atoms with Crippen LogP contribution in [0.2, 0.25) is 5.02 Å². The zero-order valence-corrected chi connectivity index (χ0v) is 15.4. The normalized spacial score (nSPS) is 12.2. The van der Waals surface area contributed by atoms with Gasteiger partial charge in [0.15, 0.2) is 5.69 Å². The molecule has 0 saturated heterocycles. The van der Waals surface area contributed by atoms with Gasteiger partial charge in [0, 0.05) is 16.3 Å². The number of alkyl halides is 3. The first kappa shape index (κ1) is 19.2. The quantitative estimate of drug-likeness (QED) is 0.678. The summed E-state index contributed by atoms with van der Waals surface area (Å²) in [4.78, 5) is 0. The number of halogens is 4. The summed E-state index contributed by atoms with van der Waals surface area (Å²) < 4.78 is 65.5. The summed E-state index contributed by atoms with van der Waals surface area (Å²) in [6, 6.07) is 13.1. The third-order valence-corrected chi connectivity index (χ3v) is 4.38. The van der Waals surface area contributed by atoms with Crippen LogP contribution < -0.4 is 4.72 Å². The van der Waals surface area contributed by atoms with Crippen molar-refractivity contribution in [2.45, 2.75) is 6.18 Å². The maximum atomic E-state index is 13.2. The van der Waals surface area contributed by atoms with Crippen LogP contribution in [0.15, 0.2) is 54.6 Å². The second-order valence-electron chi connectivity index (χ2n) is 5.76. The third kappa shape index (κ3) is 4.61. The van der Waals surface area contributed by atoms with E-state index in [-0.39, 0.29) is 5.69 Å². The molecule has 0 saturated carbocycles. The molecule has 1 heterocycles. The van der Waals surface area contributed by atoms with E-state index in [0.717, 1.165) is 17.0 Å². The molecular formula is C17H13ClF3N3O2S. The van der Waals surface area contributed by atoms with Crippen LogP contribution >= 0.6 is 11.6 Å². The Morgan fingerprint density at radius 1 is 1.07 bits per heavy atom. The minimum absolute atomic E-state index is 0.190. The molecule has 1 N–H and O–H groups in total. The minimum atomic E-state index is -4.61. The topological polar surface area (TPSA) is 64.0 Å². The van der Waals surface area contributed by atoms with Crippen LogP contribution in [-0.2, 0) is 16.2 Å². The molecule has 0 aliphatic carbocycles. The number of nitrogens with one attached hydrogen (secondary N) is 1. The Labute approximate surface area is 158 Å². The molecule has 0 spiro atoms. The maximum Gasteiger partial charge on any atom is 0.435 e. The van der Waals surface area contributed by atoms with Crippen LogP contribution in [0, 0.1) is 0 Å². The predicted octanol–water partition coefficient (Wildman–Crippen LogP) is 4.58. The highest BCUT2D eigenvalue weighted by Gasteiger charge is 2.35. The van der Waals surface area contributed by atoms with Crippen LogP contribution in [0.1, 0.15) is 5.69 Å². The van der Waals surface area contributed by atoms with Gasteiger partial charge in [-0.1, -0.05) is 29.8 Å². The molecule has 142 valence electrons. The zero-order chi connectivity index (χ0) is 19.8. The Hall–Kier alpha value is -2.52. The van der Waals surface area contributed by atoms with Crippen molar-refractivity contribution in [2.75, 3.05) is 11.0 Å². The van der Waals surface area contributed by atoms with E-state index in [1.54, 1.807) is 18.2 Å². The van der Waals surface area contributed by atoms with Crippen LogP contribution in [0.25, 0.3) is 16.9 Å². The van der Waals surface area contributed by atoms with Crippen molar-refractivity contribution in [1.82, 2.24) is 9.78 Å². The average Bonchev–Trinajstić information content (AvgIpc) is 2.99. The van der Waals surface area contributed by atoms with Gasteiger partial charge in [-0.05, 0) is 36.4 Å². The van der Waals surface area contributed by atoms with Gasteiger partial charge < -0.3 is 0 Å². The Morgan fingerprint density at radius 2 is 1.74 bits per heavy atom. The van der Waals surface area contributed by atoms with Crippen LogP contribution in [0.4, 0.5) is 18.9 Å². The van der Waals surface area contributed by atoms with Crippen LogP contribution in [0.5, 0.6) is 0 Å². The van der Waals surface area contributed by atoms with Gasteiger partial charge in [0.25, 0.3) is 0 Å². The second-order valence-corrected chi connectivity index (χ2v) is 7.94. The first-order valence-electron chi connectivity index (χ1n) is 7.54. The summed E-state index contributed by atoms with van der Waals surface area (Å²) in [6.45, 7) is 0. The Morgan fingerprint density at radius 3 is 2.30 bits per heavy atom. The van der Waals surface area contributed by atoms with E-state index in [0.29, 0.717) is 22.0 Å². The lowest BCUT2D eigenvalue weighted by Crippen LogP contribution is -2.09. The molecule has 2 aromatic carbocycles. The number of aromatic nitrogens is 2. The molecule has 0 amide bonds. The van der Waals surface area contributed by atoms with E-state index in [2.05, 4.69) is 9.82 Å². The number of hydrogen-bond acceptors (Lipinski definition) is 3. The Bertz CT molecular complexity index is 1080. The minimum Gasteiger partial charge on any atom is -0.284 e. The number of benzene rings is 2. The van der Waals surface area contributed by atoms with Gasteiger partial charge in [-0.25, -0.2) is 13.1 Å². The summed E-state index contributed by atoms with van der Waals surface area (Å²) in [5, 5.41) is 4.03. The molecule has 0 aliphatic heterocycles. The summed E-state index contributed by atoms with van der Waals surface area (Å²) in [6.07, 6.45) is -3.61. The fourth-order valence-electron chi connectivity index (χ4n) is 2.45. The van der Waals surface area contributed by atoms with E-state index in [1.807, 2.05) is 0 Å². The lowest BCUT2D eigenvalue weighted by Gasteiger charge is -2.09. The van der Waals surface area contributed by atoms with Crippen molar-refractivity contribution in [3.63, 3.8) is 0 Å². The van der Waals surface area contributed by atoms with Crippen molar-refractivity contribution in [1.29, 1.82) is 0 Å². The number of sulfonamides is 1. The van der Waals surface area contributed by atoms with Crippen LogP contribution in [0.3, 0.4) is 0 Å². The van der Waals surface area contributed by atoms with Crippen molar-refractivity contribution < 1.29 is 21.6 Å². The van der Waals surface area contributed by atoms with E-state index in [4.69, 9.17) is 11.6 Å². The van der Waals surface area contributed by atoms with E-state index < -0.39 is 21.9 Å². The smallest absolute Gasteiger partial charge is 0.284 e. The van der Waals surface area contributed by atoms with Gasteiger partial charge in [-0.15, -0.1) is 0 Å². The van der Waals surface area contributed by atoms with E-state index in [9.17, 15) is 21.6 Å². The number of hydrogen-bond donors (Lipinski definition) is 1. The van der Waals surface area contributed by atoms with Gasteiger partial charge in [0.05, 0.1) is 17.6 Å². The highest BCUT2D eigenvalue weighted by Crippen LogP contribution is 2.34. The number of rotatable bonds is 4. The molecule has 27 heavy (non-hydrogen) atoms. The molecule has 1 aromatic heterocycles. The first-order chi connectivity index (χ1) is 12.5. The lowest BCUT2D eigenvalue weighted by molar-refractivity contribution is -0.141. The molecule has 0 radical (unpaired) electrons. The largest absolute Gasteiger partial charge is 0.435 e. The van der Waals surface area contributed by atoms with Gasteiger partial charge in [-0.3, -0.25) is 4.72 Å². The van der Waals surface area contributed by atoms with Gasteiger partial charge in [0.2, 0.25) is 10.0 Å². The molecule has 3 aromatic rings. The predicted molar refractivity (Wildman–Crippen MR) is 97.5 cm³/mol. The highest BCUT2D eigenvalue weighted by molar-refractivity contribution is 7.92. The maximum absolute atomic E-state index is 13.2. The summed E-state index contributed by atoms with van der Waals surface area (Å²) >= 11 is 5.94. The van der Waals surface area contributed by atoms with Crippen molar-refractivity contribution in [2.24, 2.45) is 0 Å².